The molecular weight excluding hydrogens is 152 g/mol. The predicted octanol–water partition coefficient (Wildman–Crippen LogP) is 1.55. The fourth-order valence-electron chi connectivity index (χ4n) is 0.905. The predicted molar refractivity (Wildman–Crippen MR) is 47.4 cm³/mol. The summed E-state index contributed by atoms with van der Waals surface area (Å²) in [5.41, 5.74) is 0. The van der Waals surface area contributed by atoms with Crippen LogP contribution in [0.4, 0.5) is 0 Å². The van der Waals surface area contributed by atoms with Gasteiger partial charge in [0.25, 0.3) is 0 Å². The van der Waals surface area contributed by atoms with E-state index in [1.165, 1.54) is 0 Å². The van der Waals surface area contributed by atoms with Crippen molar-refractivity contribution < 1.29 is 4.79 Å². The Balaban J connectivity index is 3.92. The molecule has 0 heterocycles. The number of nitriles is 1. The summed E-state index contributed by atoms with van der Waals surface area (Å²) in [5.74, 6) is 0.125. The summed E-state index contributed by atoms with van der Waals surface area (Å²) in [5, 5.41) is 8.41. The van der Waals surface area contributed by atoms with E-state index >= 15 is 0 Å². The third-order valence-electron chi connectivity index (χ3n) is 1.91. The topological polar surface area (TPSA) is 44.1 Å². The van der Waals surface area contributed by atoms with Crippen LogP contribution >= 0.6 is 0 Å². The lowest BCUT2D eigenvalue weighted by molar-refractivity contribution is -0.131. The third-order valence-corrected chi connectivity index (χ3v) is 1.91. The van der Waals surface area contributed by atoms with E-state index in [2.05, 4.69) is 6.07 Å². The number of hydrogen-bond acceptors (Lipinski definition) is 2. The van der Waals surface area contributed by atoms with Crippen molar-refractivity contribution in [3.8, 4) is 6.07 Å². The summed E-state index contributed by atoms with van der Waals surface area (Å²) in [4.78, 5) is 12.9. The van der Waals surface area contributed by atoms with Crippen LogP contribution in [0.5, 0.6) is 0 Å². The Morgan fingerprint density at radius 1 is 1.67 bits per heavy atom. The van der Waals surface area contributed by atoms with E-state index in [0.717, 1.165) is 6.42 Å². The van der Waals surface area contributed by atoms with Crippen molar-refractivity contribution >= 4 is 5.91 Å². The van der Waals surface area contributed by atoms with Crippen LogP contribution in [0.25, 0.3) is 0 Å². The van der Waals surface area contributed by atoms with Crippen molar-refractivity contribution in [2.45, 2.75) is 39.2 Å². The maximum atomic E-state index is 11.3. The second kappa shape index (κ2) is 5.59. The van der Waals surface area contributed by atoms with E-state index in [-0.39, 0.29) is 11.9 Å². The van der Waals surface area contributed by atoms with Gasteiger partial charge in [0.05, 0.1) is 12.5 Å². The van der Waals surface area contributed by atoms with Crippen LogP contribution < -0.4 is 0 Å². The number of hydrogen-bond donors (Lipinski definition) is 0. The van der Waals surface area contributed by atoms with Crippen LogP contribution in [0.1, 0.15) is 33.1 Å². The van der Waals surface area contributed by atoms with Gasteiger partial charge in [-0.3, -0.25) is 4.79 Å². The second-order valence-electron chi connectivity index (χ2n) is 2.97. The molecule has 0 aromatic heterocycles. The fourth-order valence-corrected chi connectivity index (χ4v) is 0.905. The molecule has 0 bridgehead atoms. The highest BCUT2D eigenvalue weighted by atomic mass is 16.2. The van der Waals surface area contributed by atoms with Gasteiger partial charge in [0.2, 0.25) is 5.91 Å². The molecule has 0 N–H and O–H groups in total. The zero-order valence-electron chi connectivity index (χ0n) is 8.00. The summed E-state index contributed by atoms with van der Waals surface area (Å²) in [7, 11) is 1.75. The molecule has 0 fully saturated rings. The van der Waals surface area contributed by atoms with Gasteiger partial charge in [-0.1, -0.05) is 6.92 Å². The third kappa shape index (κ3) is 3.38. The van der Waals surface area contributed by atoms with Gasteiger partial charge in [-0.05, 0) is 13.3 Å². The van der Waals surface area contributed by atoms with Crippen molar-refractivity contribution in [2.75, 3.05) is 7.05 Å². The number of carbonyl (C=O) groups excluding carboxylic acids is 1. The minimum Gasteiger partial charge on any atom is -0.342 e. The first-order valence-corrected chi connectivity index (χ1v) is 4.26. The van der Waals surface area contributed by atoms with E-state index in [1.807, 2.05) is 13.8 Å². The Bertz CT molecular complexity index is 183. The summed E-state index contributed by atoms with van der Waals surface area (Å²) >= 11 is 0. The van der Waals surface area contributed by atoms with E-state index in [4.69, 9.17) is 5.26 Å². The molecule has 3 heteroatoms. The molecule has 0 saturated carbocycles. The summed E-state index contributed by atoms with van der Waals surface area (Å²) in [6.45, 7) is 3.86. The van der Waals surface area contributed by atoms with E-state index in [1.54, 1.807) is 11.9 Å². The lowest BCUT2D eigenvalue weighted by Crippen LogP contribution is -2.34. The minimum atomic E-state index is 0.0362. The zero-order chi connectivity index (χ0) is 9.56. The summed E-state index contributed by atoms with van der Waals surface area (Å²) in [6.07, 6.45) is 1.85. The largest absolute Gasteiger partial charge is 0.342 e. The number of carbonyl (C=O) groups is 1. The maximum Gasteiger partial charge on any atom is 0.222 e. The standard InChI is InChI=1S/C9H16N2O/c1-4-5-9(12)11(3)8(2)6-7-10/h8H,4-6H2,1-3H3. The molecule has 0 radical (unpaired) electrons. The van der Waals surface area contributed by atoms with Crippen molar-refractivity contribution in [3.05, 3.63) is 0 Å². The molecule has 0 rings (SSSR count). The second-order valence-corrected chi connectivity index (χ2v) is 2.97. The molecule has 1 unspecified atom stereocenters. The van der Waals surface area contributed by atoms with Crippen molar-refractivity contribution in [3.63, 3.8) is 0 Å². The van der Waals surface area contributed by atoms with E-state index in [0.29, 0.717) is 12.8 Å². The van der Waals surface area contributed by atoms with E-state index in [9.17, 15) is 4.79 Å². The number of nitrogens with zero attached hydrogens (tertiary/aromatic N) is 2. The first-order valence-electron chi connectivity index (χ1n) is 4.26. The zero-order valence-corrected chi connectivity index (χ0v) is 8.00. The van der Waals surface area contributed by atoms with Gasteiger partial charge in [0, 0.05) is 19.5 Å². The molecule has 0 aromatic carbocycles. The fraction of sp³-hybridized carbons (Fsp3) is 0.778. The molecule has 1 amide bonds. The maximum absolute atomic E-state index is 11.3. The Labute approximate surface area is 74.0 Å². The lowest BCUT2D eigenvalue weighted by atomic mass is 10.2. The Morgan fingerprint density at radius 3 is 2.67 bits per heavy atom. The van der Waals surface area contributed by atoms with Gasteiger partial charge < -0.3 is 4.90 Å². The molecule has 0 aliphatic carbocycles. The van der Waals surface area contributed by atoms with Crippen LogP contribution in [-0.2, 0) is 4.79 Å². The number of rotatable bonds is 4. The van der Waals surface area contributed by atoms with Crippen molar-refractivity contribution in [1.82, 2.24) is 4.90 Å². The first-order chi connectivity index (χ1) is 5.63. The minimum absolute atomic E-state index is 0.0362. The molecule has 0 aliphatic rings. The average Bonchev–Trinajstić information content (AvgIpc) is 2.04. The van der Waals surface area contributed by atoms with Crippen LogP contribution in [-0.4, -0.2) is 23.9 Å². The molecule has 3 nitrogen and oxygen atoms in total. The van der Waals surface area contributed by atoms with Gasteiger partial charge in [0.15, 0.2) is 0 Å². The van der Waals surface area contributed by atoms with Gasteiger partial charge in [-0.2, -0.15) is 5.26 Å². The van der Waals surface area contributed by atoms with Gasteiger partial charge in [-0.15, -0.1) is 0 Å². The average molecular weight is 168 g/mol. The highest BCUT2D eigenvalue weighted by Crippen LogP contribution is 2.03. The van der Waals surface area contributed by atoms with Gasteiger partial charge >= 0.3 is 0 Å². The van der Waals surface area contributed by atoms with Gasteiger partial charge in [0.1, 0.15) is 0 Å². The molecule has 12 heavy (non-hydrogen) atoms. The molecule has 0 saturated heterocycles. The molecule has 0 aromatic rings. The van der Waals surface area contributed by atoms with Crippen LogP contribution in [0.3, 0.4) is 0 Å². The monoisotopic (exact) mass is 168 g/mol. The Morgan fingerprint density at radius 2 is 2.25 bits per heavy atom. The molecule has 0 aliphatic heterocycles. The Kier molecular flexibility index (Phi) is 5.11. The smallest absolute Gasteiger partial charge is 0.222 e. The normalized spacial score (nSPS) is 11.8. The highest BCUT2D eigenvalue weighted by Gasteiger charge is 2.13. The molecule has 1 atom stereocenters. The highest BCUT2D eigenvalue weighted by molar-refractivity contribution is 5.76. The van der Waals surface area contributed by atoms with E-state index < -0.39 is 0 Å². The van der Waals surface area contributed by atoms with Crippen LogP contribution in [0.15, 0.2) is 0 Å². The van der Waals surface area contributed by atoms with Crippen molar-refractivity contribution in [2.24, 2.45) is 0 Å². The SMILES string of the molecule is CCCC(=O)N(C)C(C)CC#N. The molecule has 0 spiro atoms. The molecular formula is C9H16N2O. The summed E-state index contributed by atoms with van der Waals surface area (Å²) < 4.78 is 0. The van der Waals surface area contributed by atoms with Crippen LogP contribution in [0, 0.1) is 11.3 Å². The first kappa shape index (κ1) is 11.0. The van der Waals surface area contributed by atoms with Crippen LogP contribution in [0.2, 0.25) is 0 Å². The van der Waals surface area contributed by atoms with Gasteiger partial charge in [-0.25, -0.2) is 0 Å². The Hall–Kier alpha value is -1.04. The molecule has 68 valence electrons. The lowest BCUT2D eigenvalue weighted by Gasteiger charge is -2.22. The summed E-state index contributed by atoms with van der Waals surface area (Å²) in [6, 6.07) is 2.09. The van der Waals surface area contributed by atoms with Crippen molar-refractivity contribution in [1.29, 1.82) is 5.26 Å². The quantitative estimate of drug-likeness (QED) is 0.639. The number of amides is 1.